The van der Waals surface area contributed by atoms with Gasteiger partial charge in [0.15, 0.2) is 6.10 Å². The van der Waals surface area contributed by atoms with Gasteiger partial charge >= 0.3 is 24.0 Å². The first kappa shape index (κ1) is 41.0. The van der Waals surface area contributed by atoms with Crippen LogP contribution in [0.3, 0.4) is 0 Å². The molecule has 49 heavy (non-hydrogen) atoms. The molecule has 0 spiro atoms. The van der Waals surface area contributed by atoms with Gasteiger partial charge in [-0.1, -0.05) is 76.3 Å². The third-order valence-corrected chi connectivity index (χ3v) is 7.78. The lowest BCUT2D eigenvalue weighted by Gasteiger charge is -2.33. The Bertz CT molecular complexity index is 1330. The summed E-state index contributed by atoms with van der Waals surface area (Å²) in [4.78, 5) is 69.3. The van der Waals surface area contributed by atoms with Crippen molar-refractivity contribution in [3.05, 3.63) is 59.7 Å². The summed E-state index contributed by atoms with van der Waals surface area (Å²) >= 11 is 0. The second-order valence-corrected chi connectivity index (χ2v) is 14.4. The quantitative estimate of drug-likeness (QED) is 0.151. The van der Waals surface area contributed by atoms with Crippen LogP contribution in [0, 0.1) is 11.8 Å². The van der Waals surface area contributed by atoms with Gasteiger partial charge in [0.05, 0.1) is 0 Å². The van der Waals surface area contributed by atoms with E-state index in [2.05, 4.69) is 0 Å². The van der Waals surface area contributed by atoms with Crippen molar-refractivity contribution in [3.63, 3.8) is 0 Å². The minimum Gasteiger partial charge on any atom is -0.458 e. The molecular weight excluding hydrogens is 628 g/mol. The van der Waals surface area contributed by atoms with Crippen LogP contribution in [0.1, 0.15) is 86.6 Å². The lowest BCUT2D eigenvalue weighted by Crippen LogP contribution is -2.51. The Balaban J connectivity index is 2.23. The molecule has 0 radical (unpaired) electrons. The van der Waals surface area contributed by atoms with E-state index in [0.29, 0.717) is 0 Å². The van der Waals surface area contributed by atoms with Crippen LogP contribution in [-0.4, -0.2) is 90.3 Å². The van der Waals surface area contributed by atoms with Crippen LogP contribution in [0.15, 0.2) is 54.1 Å². The number of allylic oxidation sites excluding steroid dienone is 2. The zero-order chi connectivity index (χ0) is 36.9. The lowest BCUT2D eigenvalue weighted by molar-refractivity contribution is -0.174. The van der Waals surface area contributed by atoms with Crippen molar-refractivity contribution in [2.24, 2.45) is 11.8 Å². The van der Waals surface area contributed by atoms with Crippen molar-refractivity contribution < 1.29 is 42.9 Å². The number of ether oxygens (including phenoxy) is 4. The second kappa shape index (κ2) is 19.1. The first-order valence-electron chi connectivity index (χ1n) is 17.1. The Kier molecular flexibility index (Phi) is 16.0. The van der Waals surface area contributed by atoms with E-state index in [0.717, 1.165) is 24.0 Å². The van der Waals surface area contributed by atoms with E-state index in [1.54, 1.807) is 20.8 Å². The van der Waals surface area contributed by atoms with Crippen LogP contribution in [0.4, 0.5) is 4.79 Å². The highest BCUT2D eigenvalue weighted by atomic mass is 16.6. The molecule has 272 valence electrons. The number of esters is 3. The molecule has 0 aliphatic heterocycles. The number of amides is 2. The van der Waals surface area contributed by atoms with E-state index in [9.17, 15) is 24.0 Å². The van der Waals surface area contributed by atoms with Crippen LogP contribution < -0.4 is 0 Å². The van der Waals surface area contributed by atoms with E-state index >= 15 is 0 Å². The van der Waals surface area contributed by atoms with E-state index in [4.69, 9.17) is 18.9 Å². The second-order valence-electron chi connectivity index (χ2n) is 14.4. The highest BCUT2D eigenvalue weighted by molar-refractivity contribution is 5.90. The van der Waals surface area contributed by atoms with Crippen molar-refractivity contribution in [2.75, 3.05) is 20.7 Å². The summed E-state index contributed by atoms with van der Waals surface area (Å²) in [6.07, 6.45) is 5.05. The number of nitrogens with zero attached hydrogens (tertiary/aromatic N) is 2. The Labute approximate surface area is 292 Å². The SMILES string of the molecule is CC(C)C[C@@H](C(=O)O[C@H](C)C(=O)N(C)[C@@H](CC(C)C)C(=O)O[C@H](Cc1ccccc1)C(=O)OCC1=CCCC=C1)N(C)C(=O)OC(C)(C)C. The molecule has 11 nitrogen and oxygen atoms in total. The normalized spacial score (nSPS) is 15.4. The third kappa shape index (κ3) is 14.1. The summed E-state index contributed by atoms with van der Waals surface area (Å²) in [5.74, 6) is -2.90. The number of hydrogen-bond donors (Lipinski definition) is 0. The third-order valence-electron chi connectivity index (χ3n) is 7.78. The van der Waals surface area contributed by atoms with Crippen molar-refractivity contribution in [1.82, 2.24) is 9.80 Å². The van der Waals surface area contributed by atoms with Crippen LogP contribution >= 0.6 is 0 Å². The fraction of sp³-hybridized carbons (Fsp3) is 0.605. The Morgan fingerprint density at radius 1 is 0.776 bits per heavy atom. The summed E-state index contributed by atoms with van der Waals surface area (Å²) < 4.78 is 22.4. The van der Waals surface area contributed by atoms with Gasteiger partial charge in [0.25, 0.3) is 5.91 Å². The average Bonchev–Trinajstić information content (AvgIpc) is 3.03. The Morgan fingerprint density at radius 2 is 1.35 bits per heavy atom. The molecule has 0 saturated heterocycles. The molecule has 1 aromatic rings. The van der Waals surface area contributed by atoms with Gasteiger partial charge in [-0.25, -0.2) is 19.2 Å². The Morgan fingerprint density at radius 3 is 1.88 bits per heavy atom. The fourth-order valence-corrected chi connectivity index (χ4v) is 5.16. The highest BCUT2D eigenvalue weighted by Gasteiger charge is 2.38. The first-order chi connectivity index (χ1) is 22.9. The van der Waals surface area contributed by atoms with Crippen molar-refractivity contribution in [3.8, 4) is 0 Å². The number of carbonyl (C=O) groups is 5. The van der Waals surface area contributed by atoms with E-state index < -0.39 is 59.8 Å². The summed E-state index contributed by atoms with van der Waals surface area (Å²) in [6.45, 7) is 14.2. The standard InChI is InChI=1S/C38H56N2O9/c1-25(2)21-30(35(43)48-32(23-28-17-13-11-14-18-28)36(44)46-24-29-19-15-12-16-20-29)39(9)33(41)27(5)47-34(42)31(22-26(3)4)40(10)37(45)49-38(6,7)8/h11,13-15,17-20,25-27,30-32H,12,16,21-24H2,1-10H3/t27-,30+,31+,32-/m1/s1. The predicted octanol–water partition coefficient (Wildman–Crippen LogP) is 6.05. The average molecular weight is 685 g/mol. The van der Waals surface area contributed by atoms with Gasteiger partial charge in [0.1, 0.15) is 24.3 Å². The zero-order valence-electron chi connectivity index (χ0n) is 30.9. The number of benzene rings is 1. The largest absolute Gasteiger partial charge is 0.458 e. The molecule has 0 heterocycles. The molecule has 0 bridgehead atoms. The van der Waals surface area contributed by atoms with Crippen LogP contribution in [0.5, 0.6) is 0 Å². The highest BCUT2D eigenvalue weighted by Crippen LogP contribution is 2.20. The van der Waals surface area contributed by atoms with Gasteiger partial charge in [0.2, 0.25) is 6.10 Å². The maximum Gasteiger partial charge on any atom is 0.410 e. The number of likely N-dealkylation sites (N-methyl/N-ethyl adjacent to an activating group) is 2. The van der Waals surface area contributed by atoms with Gasteiger partial charge < -0.3 is 23.8 Å². The number of hydrogen-bond acceptors (Lipinski definition) is 9. The molecule has 0 aromatic heterocycles. The maximum atomic E-state index is 13.8. The fourth-order valence-electron chi connectivity index (χ4n) is 5.16. The van der Waals surface area contributed by atoms with Crippen molar-refractivity contribution in [2.45, 2.75) is 117 Å². The van der Waals surface area contributed by atoms with E-state index in [1.807, 2.05) is 76.3 Å². The molecule has 0 fully saturated rings. The van der Waals surface area contributed by atoms with E-state index in [-0.39, 0.29) is 37.7 Å². The monoisotopic (exact) mass is 684 g/mol. The molecule has 1 aliphatic rings. The molecule has 1 aliphatic carbocycles. The van der Waals surface area contributed by atoms with Crippen molar-refractivity contribution in [1.29, 1.82) is 0 Å². The number of carbonyl (C=O) groups excluding carboxylic acids is 5. The predicted molar refractivity (Wildman–Crippen MR) is 186 cm³/mol. The van der Waals surface area contributed by atoms with Gasteiger partial charge in [-0.05, 0) is 76.4 Å². The lowest BCUT2D eigenvalue weighted by atomic mass is 10.0. The molecule has 2 rings (SSSR count). The molecule has 4 atom stereocenters. The topological polar surface area (TPSA) is 129 Å². The van der Waals surface area contributed by atoms with Crippen LogP contribution in [-0.2, 0) is 44.5 Å². The van der Waals surface area contributed by atoms with Gasteiger partial charge in [-0.15, -0.1) is 0 Å². The summed E-state index contributed by atoms with van der Waals surface area (Å²) in [5.41, 5.74) is 0.862. The number of rotatable bonds is 16. The van der Waals surface area contributed by atoms with Crippen LogP contribution in [0.2, 0.25) is 0 Å². The molecule has 0 N–H and O–H groups in total. The van der Waals surface area contributed by atoms with Crippen LogP contribution in [0.25, 0.3) is 0 Å². The van der Waals surface area contributed by atoms with Gasteiger partial charge in [0, 0.05) is 20.5 Å². The van der Waals surface area contributed by atoms with E-state index in [1.165, 1.54) is 30.8 Å². The zero-order valence-corrected chi connectivity index (χ0v) is 30.9. The summed E-state index contributed by atoms with van der Waals surface area (Å²) in [5, 5.41) is 0. The minimum atomic E-state index is -1.29. The summed E-state index contributed by atoms with van der Waals surface area (Å²) in [6, 6.07) is 7.06. The first-order valence-corrected chi connectivity index (χ1v) is 17.1. The van der Waals surface area contributed by atoms with Gasteiger partial charge in [-0.3, -0.25) is 9.69 Å². The molecule has 2 amide bonds. The molecule has 11 heteroatoms. The summed E-state index contributed by atoms with van der Waals surface area (Å²) in [7, 11) is 2.89. The maximum absolute atomic E-state index is 13.8. The molecule has 1 aromatic carbocycles. The molecule has 0 unspecified atom stereocenters. The molecule has 0 saturated carbocycles. The van der Waals surface area contributed by atoms with Crippen molar-refractivity contribution >= 4 is 29.9 Å². The minimum absolute atomic E-state index is 0.0210. The molecular formula is C38H56N2O9. The van der Waals surface area contributed by atoms with Gasteiger partial charge in [-0.2, -0.15) is 0 Å². The smallest absolute Gasteiger partial charge is 0.410 e. The Hall–Kier alpha value is -4.15.